The molecule has 1 saturated heterocycles. The molecule has 5 nitrogen and oxygen atoms in total. The number of carbonyl (C=O) groups is 1. The van der Waals surface area contributed by atoms with Crippen LogP contribution in [0.3, 0.4) is 0 Å². The van der Waals surface area contributed by atoms with E-state index in [0.717, 1.165) is 12.8 Å². The van der Waals surface area contributed by atoms with Crippen LogP contribution < -0.4 is 5.32 Å². The summed E-state index contributed by atoms with van der Waals surface area (Å²) in [4.78, 5) is 13.9. The summed E-state index contributed by atoms with van der Waals surface area (Å²) in [5.74, 6) is -0.913. The normalized spacial score (nSPS) is 17.8. The van der Waals surface area contributed by atoms with Crippen LogP contribution in [0, 0.1) is 5.82 Å². The minimum absolute atomic E-state index is 0.145. The van der Waals surface area contributed by atoms with E-state index in [1.54, 1.807) is 23.1 Å². The molecule has 2 amide bonds. The molecule has 134 valence electrons. The average molecular weight is 356 g/mol. The van der Waals surface area contributed by atoms with E-state index < -0.39 is 29.3 Å². The summed E-state index contributed by atoms with van der Waals surface area (Å²) in [6.07, 6.45) is 0.296. The summed E-state index contributed by atoms with van der Waals surface area (Å²) in [5, 5.41) is 6.34. The predicted octanol–water partition coefficient (Wildman–Crippen LogP) is 3.74. The largest absolute Gasteiger partial charge is 0.416 e. The van der Waals surface area contributed by atoms with Gasteiger partial charge in [-0.1, -0.05) is 0 Å². The monoisotopic (exact) mass is 356 g/mol. The standard InChI is InChI=1S/C16H16F4N4O/c17-13-5-4-11(16(18,19)20)9-14(13)22-15(25)24-8-1-3-12(24)10-23-7-2-6-21-23/h2,4-7,9,12H,1,3,8,10H2,(H,22,25)/t12-/m0/s1. The summed E-state index contributed by atoms with van der Waals surface area (Å²) >= 11 is 0. The minimum atomic E-state index is -4.61. The summed E-state index contributed by atoms with van der Waals surface area (Å²) < 4.78 is 53.7. The van der Waals surface area contributed by atoms with E-state index in [1.165, 1.54) is 4.90 Å². The van der Waals surface area contributed by atoms with Crippen LogP contribution in [0.25, 0.3) is 0 Å². The highest BCUT2D eigenvalue weighted by Gasteiger charge is 2.33. The summed E-state index contributed by atoms with van der Waals surface area (Å²) in [6, 6.07) is 2.94. The van der Waals surface area contributed by atoms with E-state index in [4.69, 9.17) is 0 Å². The first-order chi connectivity index (χ1) is 11.8. The van der Waals surface area contributed by atoms with Crippen molar-refractivity contribution in [2.75, 3.05) is 11.9 Å². The zero-order valence-electron chi connectivity index (χ0n) is 13.1. The first kappa shape index (κ1) is 17.2. The first-order valence-electron chi connectivity index (χ1n) is 7.76. The van der Waals surface area contributed by atoms with Crippen LogP contribution in [0.2, 0.25) is 0 Å². The molecular formula is C16H16F4N4O. The number of anilines is 1. The number of rotatable bonds is 3. The van der Waals surface area contributed by atoms with Crippen molar-refractivity contribution >= 4 is 11.7 Å². The Morgan fingerprint density at radius 1 is 1.36 bits per heavy atom. The van der Waals surface area contributed by atoms with Gasteiger partial charge in [0.15, 0.2) is 0 Å². The molecular weight excluding hydrogens is 340 g/mol. The Kier molecular flexibility index (Phi) is 4.65. The number of nitrogens with zero attached hydrogens (tertiary/aromatic N) is 3. The topological polar surface area (TPSA) is 50.2 Å². The number of hydrogen-bond acceptors (Lipinski definition) is 2. The van der Waals surface area contributed by atoms with Gasteiger partial charge in [-0.3, -0.25) is 4.68 Å². The molecule has 9 heteroatoms. The molecule has 1 fully saturated rings. The SMILES string of the molecule is O=C(Nc1cc(C(F)(F)F)ccc1F)N1CCC[C@H]1Cn1cccn1. The van der Waals surface area contributed by atoms with Crippen molar-refractivity contribution in [3.05, 3.63) is 48.0 Å². The van der Waals surface area contributed by atoms with Gasteiger partial charge in [0, 0.05) is 18.9 Å². The molecule has 0 saturated carbocycles. The highest BCUT2D eigenvalue weighted by molar-refractivity contribution is 5.90. The van der Waals surface area contributed by atoms with Crippen LogP contribution >= 0.6 is 0 Å². The van der Waals surface area contributed by atoms with Gasteiger partial charge in [-0.15, -0.1) is 0 Å². The summed E-state index contributed by atoms with van der Waals surface area (Å²) in [7, 11) is 0. The van der Waals surface area contributed by atoms with Gasteiger partial charge in [0.2, 0.25) is 0 Å². The molecule has 1 aromatic heterocycles. The minimum Gasteiger partial charge on any atom is -0.320 e. The van der Waals surface area contributed by atoms with Crippen LogP contribution in [-0.4, -0.2) is 33.3 Å². The third-order valence-electron chi connectivity index (χ3n) is 4.13. The van der Waals surface area contributed by atoms with Crippen molar-refractivity contribution in [2.45, 2.75) is 31.6 Å². The van der Waals surface area contributed by atoms with E-state index in [1.807, 2.05) is 0 Å². The van der Waals surface area contributed by atoms with Gasteiger partial charge in [0.05, 0.1) is 23.8 Å². The van der Waals surface area contributed by atoms with E-state index in [0.29, 0.717) is 31.3 Å². The predicted molar refractivity (Wildman–Crippen MR) is 82.4 cm³/mol. The Morgan fingerprint density at radius 2 is 2.16 bits per heavy atom. The number of carbonyl (C=O) groups excluding carboxylic acids is 1. The molecule has 0 bridgehead atoms. The number of amides is 2. The van der Waals surface area contributed by atoms with Crippen molar-refractivity contribution in [1.82, 2.24) is 14.7 Å². The van der Waals surface area contributed by atoms with Gasteiger partial charge < -0.3 is 10.2 Å². The second-order valence-corrected chi connectivity index (χ2v) is 5.84. The smallest absolute Gasteiger partial charge is 0.320 e. The van der Waals surface area contributed by atoms with Crippen LogP contribution in [-0.2, 0) is 12.7 Å². The first-order valence-corrected chi connectivity index (χ1v) is 7.76. The van der Waals surface area contributed by atoms with Gasteiger partial charge in [0.25, 0.3) is 0 Å². The van der Waals surface area contributed by atoms with Gasteiger partial charge in [-0.2, -0.15) is 18.3 Å². The molecule has 0 aliphatic carbocycles. The molecule has 0 unspecified atom stereocenters. The van der Waals surface area contributed by atoms with Crippen LogP contribution in [0.5, 0.6) is 0 Å². The quantitative estimate of drug-likeness (QED) is 0.852. The lowest BCUT2D eigenvalue weighted by Crippen LogP contribution is -2.41. The van der Waals surface area contributed by atoms with Crippen LogP contribution in [0.1, 0.15) is 18.4 Å². The van der Waals surface area contributed by atoms with Crippen LogP contribution in [0.15, 0.2) is 36.7 Å². The summed E-state index contributed by atoms with van der Waals surface area (Å²) in [5.41, 5.74) is -1.50. The number of alkyl halides is 3. The Labute approximate surface area is 141 Å². The number of aromatic nitrogens is 2. The zero-order valence-corrected chi connectivity index (χ0v) is 13.1. The molecule has 2 aromatic rings. The third-order valence-corrected chi connectivity index (χ3v) is 4.13. The van der Waals surface area contributed by atoms with Crippen molar-refractivity contribution in [3.63, 3.8) is 0 Å². The molecule has 0 spiro atoms. The third kappa shape index (κ3) is 3.92. The zero-order chi connectivity index (χ0) is 18.0. The van der Waals surface area contributed by atoms with E-state index in [9.17, 15) is 22.4 Å². The fourth-order valence-corrected chi connectivity index (χ4v) is 2.90. The molecule has 0 radical (unpaired) electrons. The molecule has 1 atom stereocenters. The van der Waals surface area contributed by atoms with Crippen molar-refractivity contribution < 1.29 is 22.4 Å². The van der Waals surface area contributed by atoms with Gasteiger partial charge >= 0.3 is 12.2 Å². The summed E-state index contributed by atoms with van der Waals surface area (Å²) in [6.45, 7) is 0.934. The highest BCUT2D eigenvalue weighted by Crippen LogP contribution is 2.32. The second-order valence-electron chi connectivity index (χ2n) is 5.84. The fourth-order valence-electron chi connectivity index (χ4n) is 2.90. The maximum atomic E-state index is 13.8. The maximum Gasteiger partial charge on any atom is 0.416 e. The molecule has 25 heavy (non-hydrogen) atoms. The van der Waals surface area contributed by atoms with Gasteiger partial charge in [0.1, 0.15) is 5.82 Å². The number of hydrogen-bond donors (Lipinski definition) is 1. The Hall–Kier alpha value is -2.58. The second kappa shape index (κ2) is 6.73. The number of benzene rings is 1. The fraction of sp³-hybridized carbons (Fsp3) is 0.375. The lowest BCUT2D eigenvalue weighted by Gasteiger charge is -2.25. The molecule has 2 heterocycles. The number of urea groups is 1. The maximum absolute atomic E-state index is 13.8. The molecule has 1 aliphatic rings. The molecule has 1 N–H and O–H groups in total. The van der Waals surface area contributed by atoms with Crippen LogP contribution in [0.4, 0.5) is 28.0 Å². The Bertz CT molecular complexity index is 745. The number of halogens is 4. The Morgan fingerprint density at radius 3 is 2.84 bits per heavy atom. The van der Waals surface area contributed by atoms with Crippen molar-refractivity contribution in [1.29, 1.82) is 0 Å². The van der Waals surface area contributed by atoms with E-state index >= 15 is 0 Å². The average Bonchev–Trinajstić information content (AvgIpc) is 3.20. The molecule has 1 aliphatic heterocycles. The molecule has 3 rings (SSSR count). The van der Waals surface area contributed by atoms with Gasteiger partial charge in [-0.05, 0) is 37.1 Å². The van der Waals surface area contributed by atoms with Gasteiger partial charge in [-0.25, -0.2) is 9.18 Å². The van der Waals surface area contributed by atoms with E-state index in [2.05, 4.69) is 10.4 Å². The number of likely N-dealkylation sites (tertiary alicyclic amines) is 1. The van der Waals surface area contributed by atoms with Crippen molar-refractivity contribution in [3.8, 4) is 0 Å². The Balaban J connectivity index is 1.73. The highest BCUT2D eigenvalue weighted by atomic mass is 19.4. The number of nitrogens with one attached hydrogen (secondary N) is 1. The lowest BCUT2D eigenvalue weighted by molar-refractivity contribution is -0.137. The molecule has 1 aromatic carbocycles. The lowest BCUT2D eigenvalue weighted by atomic mass is 10.2. The van der Waals surface area contributed by atoms with Crippen molar-refractivity contribution in [2.24, 2.45) is 0 Å². The van der Waals surface area contributed by atoms with E-state index in [-0.39, 0.29) is 6.04 Å².